The van der Waals surface area contributed by atoms with E-state index in [-0.39, 0.29) is 5.91 Å². The second kappa shape index (κ2) is 7.83. The molecule has 156 valence electrons. The van der Waals surface area contributed by atoms with Gasteiger partial charge in [0.05, 0.1) is 5.69 Å². The minimum atomic E-state index is -3.62. The Morgan fingerprint density at radius 1 is 0.968 bits per heavy atom. The molecule has 7 heteroatoms. The smallest absolute Gasteiger partial charge is 0.273 e. The van der Waals surface area contributed by atoms with Gasteiger partial charge in [0.1, 0.15) is 4.21 Å². The van der Waals surface area contributed by atoms with Crippen molar-refractivity contribution in [1.29, 1.82) is 0 Å². The molecule has 1 aliphatic heterocycles. The molecule has 0 aliphatic carbocycles. The maximum Gasteiger partial charge on any atom is 0.273 e. The van der Waals surface area contributed by atoms with Crippen LogP contribution >= 0.6 is 11.3 Å². The van der Waals surface area contributed by atoms with E-state index in [2.05, 4.69) is 5.32 Å². The summed E-state index contributed by atoms with van der Waals surface area (Å²) >= 11 is 1.21. The topological polar surface area (TPSA) is 66.5 Å². The van der Waals surface area contributed by atoms with Gasteiger partial charge in [0.25, 0.3) is 15.9 Å². The highest BCUT2D eigenvalue weighted by Crippen LogP contribution is 2.35. The van der Waals surface area contributed by atoms with Crippen LogP contribution in [0.3, 0.4) is 0 Å². The first kappa shape index (κ1) is 19.8. The Morgan fingerprint density at radius 2 is 1.81 bits per heavy atom. The van der Waals surface area contributed by atoms with Gasteiger partial charge in [-0.3, -0.25) is 9.10 Å². The van der Waals surface area contributed by atoms with Crippen LogP contribution in [0.1, 0.15) is 22.3 Å². The van der Waals surface area contributed by atoms with Crippen molar-refractivity contribution in [3.63, 3.8) is 0 Å². The van der Waals surface area contributed by atoms with E-state index in [1.807, 2.05) is 48.5 Å². The lowest BCUT2D eigenvalue weighted by atomic mass is 10.0. The molecule has 0 radical (unpaired) electrons. The van der Waals surface area contributed by atoms with E-state index in [1.165, 1.54) is 15.6 Å². The fraction of sp³-hybridized carbons (Fsp3) is 0.125. The third-order valence-electron chi connectivity index (χ3n) is 5.49. The third-order valence-corrected chi connectivity index (χ3v) is 8.68. The first-order valence-electron chi connectivity index (χ1n) is 10.0. The Balaban J connectivity index is 1.49. The number of rotatable bonds is 4. The molecule has 0 fully saturated rings. The highest BCUT2D eigenvalue weighted by molar-refractivity contribution is 7.94. The number of nitrogens with zero attached hydrogens (tertiary/aromatic N) is 1. The third kappa shape index (κ3) is 3.60. The van der Waals surface area contributed by atoms with Gasteiger partial charge in [-0.15, -0.1) is 11.3 Å². The Morgan fingerprint density at radius 3 is 2.65 bits per heavy atom. The highest BCUT2D eigenvalue weighted by Gasteiger charge is 2.30. The standard InChI is InChI=1S/C24H20N2O3S2/c27-24(21-10-3-7-17-6-1-2-9-20(17)21)25-19-13-12-18-8-4-14-26(22(18)16-19)31(28,29)23-11-5-15-30-23/h1-3,5-7,9-13,15-16H,4,8,14H2,(H,25,27). The van der Waals surface area contributed by atoms with Gasteiger partial charge in [0, 0.05) is 17.8 Å². The minimum absolute atomic E-state index is 0.222. The molecule has 0 unspecified atom stereocenters. The molecule has 1 amide bonds. The number of carbonyl (C=O) groups is 1. The molecule has 0 saturated carbocycles. The molecule has 1 N–H and O–H groups in total. The number of amides is 1. The summed E-state index contributed by atoms with van der Waals surface area (Å²) in [5.41, 5.74) is 2.76. The van der Waals surface area contributed by atoms with Crippen molar-refractivity contribution in [2.45, 2.75) is 17.1 Å². The molecule has 1 aromatic heterocycles. The van der Waals surface area contributed by atoms with Crippen molar-refractivity contribution in [3.8, 4) is 0 Å². The number of aryl methyl sites for hydroxylation is 1. The Hall–Kier alpha value is -3.16. The molecule has 2 heterocycles. The molecule has 5 rings (SSSR count). The Kier molecular flexibility index (Phi) is 5.00. The number of benzene rings is 3. The molecule has 1 aliphatic rings. The van der Waals surface area contributed by atoms with E-state index < -0.39 is 10.0 Å². The number of hydrogen-bond acceptors (Lipinski definition) is 4. The molecule has 31 heavy (non-hydrogen) atoms. The summed E-state index contributed by atoms with van der Waals surface area (Å²) in [6, 6.07) is 22.2. The van der Waals surface area contributed by atoms with E-state index in [9.17, 15) is 13.2 Å². The zero-order valence-electron chi connectivity index (χ0n) is 16.6. The maximum atomic E-state index is 13.2. The lowest BCUT2D eigenvalue weighted by Crippen LogP contribution is -2.35. The SMILES string of the molecule is O=C(Nc1ccc2c(c1)N(S(=O)(=O)c1cccs1)CCC2)c1cccc2ccccc12. The van der Waals surface area contributed by atoms with Crippen LogP contribution in [0.5, 0.6) is 0 Å². The first-order chi connectivity index (χ1) is 15.0. The predicted octanol–water partition coefficient (Wildman–Crippen LogP) is 5.30. The number of anilines is 2. The summed E-state index contributed by atoms with van der Waals surface area (Å²) in [6.45, 7) is 0.425. The second-order valence-electron chi connectivity index (χ2n) is 7.44. The van der Waals surface area contributed by atoms with Crippen molar-refractivity contribution < 1.29 is 13.2 Å². The van der Waals surface area contributed by atoms with Crippen LogP contribution in [0.15, 0.2) is 82.4 Å². The van der Waals surface area contributed by atoms with Gasteiger partial charge in [0.2, 0.25) is 0 Å². The molecule has 4 aromatic rings. The summed E-state index contributed by atoms with van der Waals surface area (Å²) in [5.74, 6) is -0.222. The van der Waals surface area contributed by atoms with Crippen LogP contribution in [0.4, 0.5) is 11.4 Å². The van der Waals surface area contributed by atoms with Crippen LogP contribution in [0.25, 0.3) is 10.8 Å². The molecule has 0 spiro atoms. The van der Waals surface area contributed by atoms with Crippen LogP contribution in [0, 0.1) is 0 Å². The number of fused-ring (bicyclic) bond motifs is 2. The fourth-order valence-electron chi connectivity index (χ4n) is 4.01. The largest absolute Gasteiger partial charge is 0.322 e. The van der Waals surface area contributed by atoms with Crippen molar-refractivity contribution >= 4 is 49.4 Å². The van der Waals surface area contributed by atoms with Crippen LogP contribution in [-0.2, 0) is 16.4 Å². The van der Waals surface area contributed by atoms with E-state index >= 15 is 0 Å². The summed E-state index contributed by atoms with van der Waals surface area (Å²) in [6.07, 6.45) is 1.57. The molecular weight excluding hydrogens is 428 g/mol. The van der Waals surface area contributed by atoms with Crippen molar-refractivity contribution in [1.82, 2.24) is 0 Å². The zero-order chi connectivity index (χ0) is 21.4. The van der Waals surface area contributed by atoms with Crippen LogP contribution < -0.4 is 9.62 Å². The van der Waals surface area contributed by atoms with Gasteiger partial charge in [-0.05, 0) is 58.8 Å². The second-order valence-corrected chi connectivity index (χ2v) is 10.5. The summed E-state index contributed by atoms with van der Waals surface area (Å²) in [5, 5.41) is 6.58. The van der Waals surface area contributed by atoms with E-state index in [0.717, 1.165) is 29.2 Å². The van der Waals surface area contributed by atoms with E-state index in [4.69, 9.17) is 0 Å². The number of thiophene rings is 1. The first-order valence-corrected chi connectivity index (χ1v) is 12.3. The minimum Gasteiger partial charge on any atom is -0.322 e. The Bertz CT molecular complexity index is 1370. The van der Waals surface area contributed by atoms with Crippen molar-refractivity contribution in [2.75, 3.05) is 16.2 Å². The maximum absolute atomic E-state index is 13.2. The van der Waals surface area contributed by atoms with Gasteiger partial charge in [-0.2, -0.15) is 0 Å². The molecule has 0 bridgehead atoms. The Labute approximate surface area is 185 Å². The van der Waals surface area contributed by atoms with E-state index in [0.29, 0.717) is 27.7 Å². The monoisotopic (exact) mass is 448 g/mol. The molecule has 0 atom stereocenters. The average molecular weight is 449 g/mol. The zero-order valence-corrected chi connectivity index (χ0v) is 18.2. The number of carbonyl (C=O) groups excluding carboxylic acids is 1. The van der Waals surface area contributed by atoms with Gasteiger partial charge < -0.3 is 5.32 Å². The lowest BCUT2D eigenvalue weighted by molar-refractivity contribution is 0.102. The number of nitrogens with one attached hydrogen (secondary N) is 1. The van der Waals surface area contributed by atoms with E-state index in [1.54, 1.807) is 29.6 Å². The normalized spacial score (nSPS) is 13.7. The molecule has 0 saturated heterocycles. The number of sulfonamides is 1. The molecular formula is C24H20N2O3S2. The fourth-order valence-corrected chi connectivity index (χ4v) is 6.65. The van der Waals surface area contributed by atoms with Crippen molar-refractivity contribution in [2.24, 2.45) is 0 Å². The summed E-state index contributed by atoms with van der Waals surface area (Å²) in [7, 11) is -3.62. The van der Waals surface area contributed by atoms with Gasteiger partial charge in [0.15, 0.2) is 0 Å². The van der Waals surface area contributed by atoms with Gasteiger partial charge >= 0.3 is 0 Å². The average Bonchev–Trinajstić information content (AvgIpc) is 3.34. The highest BCUT2D eigenvalue weighted by atomic mass is 32.2. The van der Waals surface area contributed by atoms with Gasteiger partial charge in [-0.1, -0.05) is 48.5 Å². The predicted molar refractivity (Wildman–Crippen MR) is 126 cm³/mol. The van der Waals surface area contributed by atoms with Gasteiger partial charge in [-0.25, -0.2) is 8.42 Å². The quantitative estimate of drug-likeness (QED) is 0.461. The molecule has 3 aromatic carbocycles. The van der Waals surface area contributed by atoms with Crippen molar-refractivity contribution in [3.05, 3.63) is 89.3 Å². The summed E-state index contributed by atoms with van der Waals surface area (Å²) < 4.78 is 28.1. The lowest BCUT2D eigenvalue weighted by Gasteiger charge is -2.30. The summed E-state index contributed by atoms with van der Waals surface area (Å²) in [4.78, 5) is 13.0. The van der Waals surface area contributed by atoms with Crippen LogP contribution in [0.2, 0.25) is 0 Å². The number of hydrogen-bond donors (Lipinski definition) is 1. The molecule has 5 nitrogen and oxygen atoms in total. The van der Waals surface area contributed by atoms with Crippen LogP contribution in [-0.4, -0.2) is 20.9 Å².